The molecular formula is C12H11KN2O5. The molecule has 2 rings (SSSR count). The fraction of sp³-hybridized carbons (Fsp3) is 0.250. The van der Waals surface area contributed by atoms with Crippen molar-refractivity contribution in [2.24, 2.45) is 0 Å². The van der Waals surface area contributed by atoms with Gasteiger partial charge in [0.2, 0.25) is 5.91 Å². The Morgan fingerprint density at radius 1 is 1.30 bits per heavy atom. The van der Waals surface area contributed by atoms with E-state index in [0.29, 0.717) is 0 Å². The number of carbonyl (C=O) groups excluding carboxylic acids is 3. The minimum Gasteiger partial charge on any atom is -0.548 e. The molecule has 1 aromatic rings. The molecule has 0 saturated carbocycles. The Morgan fingerprint density at radius 2 is 1.95 bits per heavy atom. The van der Waals surface area contributed by atoms with E-state index in [-0.39, 0.29) is 58.0 Å². The zero-order valence-electron chi connectivity index (χ0n) is 10.8. The van der Waals surface area contributed by atoms with Gasteiger partial charge in [0.25, 0.3) is 0 Å². The van der Waals surface area contributed by atoms with Crippen molar-refractivity contribution in [3.8, 4) is 0 Å². The number of rotatable bonds is 4. The van der Waals surface area contributed by atoms with Gasteiger partial charge < -0.3 is 25.3 Å². The molecule has 1 heterocycles. The van der Waals surface area contributed by atoms with E-state index in [9.17, 15) is 19.5 Å². The third kappa shape index (κ3) is 4.28. The predicted molar refractivity (Wildman–Crippen MR) is 60.5 cm³/mol. The first-order valence-corrected chi connectivity index (χ1v) is 5.56. The van der Waals surface area contributed by atoms with Crippen LogP contribution in [0, 0.1) is 0 Å². The summed E-state index contributed by atoms with van der Waals surface area (Å²) in [6, 6.07) is 6.60. The van der Waals surface area contributed by atoms with Crippen LogP contribution in [0.15, 0.2) is 30.3 Å². The summed E-state index contributed by atoms with van der Waals surface area (Å²) >= 11 is 0. The molecule has 8 heteroatoms. The molecule has 0 unspecified atom stereocenters. The molecular weight excluding hydrogens is 291 g/mol. The second kappa shape index (κ2) is 7.74. The molecule has 1 aliphatic rings. The maximum atomic E-state index is 11.4. The number of hydrogen-bond acceptors (Lipinski definition) is 5. The molecule has 2 atom stereocenters. The minimum absolute atomic E-state index is 0. The molecule has 0 aliphatic carbocycles. The normalized spacial score (nSPS) is 19.9. The zero-order valence-corrected chi connectivity index (χ0v) is 13.9. The van der Waals surface area contributed by atoms with Crippen molar-refractivity contribution in [2.45, 2.75) is 18.7 Å². The first kappa shape index (κ1) is 17.1. The summed E-state index contributed by atoms with van der Waals surface area (Å²) in [5, 5.41) is 14.9. The number of β-lactam (4-membered cyclic amide) rings is 1. The van der Waals surface area contributed by atoms with Gasteiger partial charge in [0.15, 0.2) is 0 Å². The molecule has 2 N–H and O–H groups in total. The summed E-state index contributed by atoms with van der Waals surface area (Å²) in [7, 11) is 0. The van der Waals surface area contributed by atoms with Crippen molar-refractivity contribution in [3.05, 3.63) is 35.9 Å². The maximum Gasteiger partial charge on any atom is 1.00 e. The summed E-state index contributed by atoms with van der Waals surface area (Å²) in [6.45, 7) is 0.0387. The molecule has 0 radical (unpaired) electrons. The third-order valence-corrected chi connectivity index (χ3v) is 2.65. The quantitative estimate of drug-likeness (QED) is 0.431. The van der Waals surface area contributed by atoms with Crippen LogP contribution in [-0.2, 0) is 20.9 Å². The molecule has 0 bridgehead atoms. The summed E-state index contributed by atoms with van der Waals surface area (Å²) in [5.41, 5.74) is 0.784. The van der Waals surface area contributed by atoms with Crippen molar-refractivity contribution >= 4 is 18.0 Å². The van der Waals surface area contributed by atoms with E-state index in [1.54, 1.807) is 24.3 Å². The number of alkyl carbamates (subject to hydrolysis) is 1. The van der Waals surface area contributed by atoms with Crippen LogP contribution in [0.1, 0.15) is 5.56 Å². The molecule has 0 aromatic heterocycles. The van der Waals surface area contributed by atoms with Crippen LogP contribution >= 0.6 is 0 Å². The summed E-state index contributed by atoms with van der Waals surface area (Å²) in [4.78, 5) is 33.1. The van der Waals surface area contributed by atoms with Crippen LogP contribution in [0.5, 0.6) is 0 Å². The number of nitrogens with one attached hydrogen (secondary N) is 2. The van der Waals surface area contributed by atoms with Gasteiger partial charge in [-0.05, 0) is 5.56 Å². The Morgan fingerprint density at radius 3 is 2.50 bits per heavy atom. The average molecular weight is 302 g/mol. The fourth-order valence-corrected chi connectivity index (χ4v) is 1.62. The van der Waals surface area contributed by atoms with E-state index >= 15 is 0 Å². The van der Waals surface area contributed by atoms with Crippen molar-refractivity contribution < 1.29 is 75.6 Å². The maximum absolute atomic E-state index is 11.4. The summed E-state index contributed by atoms with van der Waals surface area (Å²) < 4.78 is 4.87. The monoisotopic (exact) mass is 302 g/mol. The van der Waals surface area contributed by atoms with E-state index < -0.39 is 30.1 Å². The Hall–Kier alpha value is -0.934. The standard InChI is InChI=1S/C12H12N2O5.K/c15-10-8(9(13-10)11(16)17)14-12(18)19-6-7-4-2-1-3-5-7;/h1-5,8-9H,6H2,(H,13,15)(H,14,18)(H,16,17);/q;+1/p-1/t8-,9-;/m1./s1. The first-order valence-electron chi connectivity index (χ1n) is 5.56. The van der Waals surface area contributed by atoms with E-state index in [0.717, 1.165) is 5.56 Å². The van der Waals surface area contributed by atoms with Crippen molar-refractivity contribution in [2.75, 3.05) is 0 Å². The van der Waals surface area contributed by atoms with Gasteiger partial charge in [0.1, 0.15) is 12.6 Å². The zero-order chi connectivity index (χ0) is 13.8. The molecule has 7 nitrogen and oxygen atoms in total. The van der Waals surface area contributed by atoms with Gasteiger partial charge in [-0.3, -0.25) is 4.79 Å². The summed E-state index contributed by atoms with van der Waals surface area (Å²) in [6.07, 6.45) is -0.852. The molecule has 1 aliphatic heterocycles. The second-order valence-electron chi connectivity index (χ2n) is 3.99. The number of benzene rings is 1. The topological polar surface area (TPSA) is 108 Å². The smallest absolute Gasteiger partial charge is 0.548 e. The number of aliphatic carboxylic acids is 1. The van der Waals surface area contributed by atoms with E-state index in [1.165, 1.54) is 0 Å². The Kier molecular flexibility index (Phi) is 6.63. The second-order valence-corrected chi connectivity index (χ2v) is 3.99. The number of amides is 2. The van der Waals surface area contributed by atoms with Gasteiger partial charge >= 0.3 is 57.5 Å². The Balaban J connectivity index is 0.00000200. The van der Waals surface area contributed by atoms with Gasteiger partial charge in [0.05, 0.1) is 12.0 Å². The van der Waals surface area contributed by atoms with Crippen LogP contribution in [0.4, 0.5) is 4.79 Å². The van der Waals surface area contributed by atoms with Gasteiger partial charge in [-0.1, -0.05) is 30.3 Å². The number of carboxylic acids is 1. The molecule has 2 amide bonds. The molecule has 20 heavy (non-hydrogen) atoms. The van der Waals surface area contributed by atoms with Gasteiger partial charge in [-0.15, -0.1) is 0 Å². The van der Waals surface area contributed by atoms with Crippen molar-refractivity contribution in [1.29, 1.82) is 0 Å². The summed E-state index contributed by atoms with van der Waals surface area (Å²) in [5.74, 6) is -2.03. The Labute approximate surface area is 157 Å². The largest absolute Gasteiger partial charge is 1.00 e. The molecule has 100 valence electrons. The van der Waals surface area contributed by atoms with E-state index in [1.807, 2.05) is 6.07 Å². The van der Waals surface area contributed by atoms with Crippen molar-refractivity contribution in [1.82, 2.24) is 10.6 Å². The fourth-order valence-electron chi connectivity index (χ4n) is 1.62. The van der Waals surface area contributed by atoms with Gasteiger partial charge in [-0.2, -0.15) is 0 Å². The molecule has 0 spiro atoms. The molecule has 1 fully saturated rings. The Bertz CT molecular complexity index is 508. The third-order valence-electron chi connectivity index (χ3n) is 2.65. The van der Waals surface area contributed by atoms with Crippen LogP contribution < -0.4 is 67.1 Å². The first-order chi connectivity index (χ1) is 9.08. The van der Waals surface area contributed by atoms with Crippen molar-refractivity contribution in [3.63, 3.8) is 0 Å². The molecule has 1 aromatic carbocycles. The van der Waals surface area contributed by atoms with Gasteiger partial charge in [0, 0.05) is 0 Å². The van der Waals surface area contributed by atoms with Crippen LogP contribution in [-0.4, -0.2) is 30.1 Å². The van der Waals surface area contributed by atoms with Crippen LogP contribution in [0.25, 0.3) is 0 Å². The SMILES string of the molecule is O=C(N[C@H]1C(=O)N[C@H]1C(=O)[O-])OCc1ccccc1.[K+]. The van der Waals surface area contributed by atoms with Crippen LogP contribution in [0.2, 0.25) is 0 Å². The number of carboxylic acid groups (broad SMARTS) is 1. The number of carbonyl (C=O) groups is 3. The molecule has 1 saturated heterocycles. The van der Waals surface area contributed by atoms with E-state index in [4.69, 9.17) is 4.74 Å². The predicted octanol–water partition coefficient (Wildman–Crippen LogP) is -4.47. The minimum atomic E-state index is -1.45. The number of ether oxygens (including phenoxy) is 1. The van der Waals surface area contributed by atoms with Crippen LogP contribution in [0.3, 0.4) is 0 Å². The number of hydrogen-bond donors (Lipinski definition) is 2. The van der Waals surface area contributed by atoms with Gasteiger partial charge in [-0.25, -0.2) is 4.79 Å². The average Bonchev–Trinajstić information content (AvgIpc) is 2.40. The van der Waals surface area contributed by atoms with E-state index in [2.05, 4.69) is 10.6 Å².